The number of hydrogen-bond acceptors (Lipinski definition) is 5. The van der Waals surface area contributed by atoms with Gasteiger partial charge < -0.3 is 5.11 Å². The monoisotopic (exact) mass is 316 g/mol. The van der Waals surface area contributed by atoms with Gasteiger partial charge in [-0.2, -0.15) is 0 Å². The average molecular weight is 316 g/mol. The molecule has 0 radical (unpaired) electrons. The van der Waals surface area contributed by atoms with Crippen molar-refractivity contribution in [2.24, 2.45) is 0 Å². The lowest BCUT2D eigenvalue weighted by atomic mass is 9.96. The molecule has 3 aliphatic heterocycles. The maximum Gasteiger partial charge on any atom is 0.317 e. The minimum absolute atomic E-state index is 0.0325. The van der Waals surface area contributed by atoms with Crippen LogP contribution in [0, 0.1) is 0 Å². The Morgan fingerprint density at radius 3 is 2.67 bits per heavy atom. The van der Waals surface area contributed by atoms with E-state index < -0.39 is 15.8 Å². The summed E-state index contributed by atoms with van der Waals surface area (Å²) in [4.78, 5) is 15.7. The number of fused-ring (bicyclic) bond motifs is 1. The second-order valence-corrected chi connectivity index (χ2v) is 8.81. The number of carboxylic acids is 1. The zero-order chi connectivity index (χ0) is 15.0. The number of nitrogens with zero attached hydrogens (tertiary/aromatic N) is 2. The molecular weight excluding hydrogens is 292 g/mol. The van der Waals surface area contributed by atoms with Crippen LogP contribution >= 0.6 is 0 Å². The topological polar surface area (TPSA) is 77.9 Å². The number of carboxylic acid groups (broad SMARTS) is 1. The third kappa shape index (κ3) is 3.24. The number of sulfone groups is 1. The third-order valence-electron chi connectivity index (χ3n) is 5.24. The van der Waals surface area contributed by atoms with Crippen molar-refractivity contribution in [2.75, 3.05) is 31.1 Å². The van der Waals surface area contributed by atoms with Crippen LogP contribution in [0.1, 0.15) is 32.1 Å². The summed E-state index contributed by atoms with van der Waals surface area (Å²) in [7, 11) is -2.98. The summed E-state index contributed by atoms with van der Waals surface area (Å²) < 4.78 is 23.5. The minimum atomic E-state index is -2.98. The molecule has 1 N–H and O–H groups in total. The van der Waals surface area contributed by atoms with Crippen LogP contribution in [0.3, 0.4) is 0 Å². The van der Waals surface area contributed by atoms with Crippen molar-refractivity contribution in [3.05, 3.63) is 0 Å². The first-order chi connectivity index (χ1) is 9.96. The molecule has 6 nitrogen and oxygen atoms in total. The Hall–Kier alpha value is -0.660. The van der Waals surface area contributed by atoms with Gasteiger partial charge in [0.25, 0.3) is 0 Å². The van der Waals surface area contributed by atoms with E-state index in [0.29, 0.717) is 12.5 Å². The van der Waals surface area contributed by atoms with Crippen LogP contribution in [-0.4, -0.2) is 78.6 Å². The summed E-state index contributed by atoms with van der Waals surface area (Å²) in [6, 6.07) is 0.513. The Morgan fingerprint density at radius 1 is 1.19 bits per heavy atom. The largest absolute Gasteiger partial charge is 0.480 e. The molecule has 3 saturated heterocycles. The molecule has 0 saturated carbocycles. The molecule has 0 aromatic heterocycles. The predicted molar refractivity (Wildman–Crippen MR) is 79.0 cm³/mol. The highest BCUT2D eigenvalue weighted by atomic mass is 32.2. The molecule has 7 heteroatoms. The van der Waals surface area contributed by atoms with Crippen LogP contribution in [0.4, 0.5) is 0 Å². The number of hydrogen-bond donors (Lipinski definition) is 1. The fourth-order valence-electron chi connectivity index (χ4n) is 4.32. The van der Waals surface area contributed by atoms with Gasteiger partial charge in [0, 0.05) is 24.7 Å². The maximum absolute atomic E-state index is 11.7. The molecule has 120 valence electrons. The molecule has 0 aliphatic carbocycles. The molecule has 0 bridgehead atoms. The van der Waals surface area contributed by atoms with Gasteiger partial charge in [0.2, 0.25) is 0 Å². The second-order valence-electron chi connectivity index (χ2n) is 6.58. The first-order valence-corrected chi connectivity index (χ1v) is 9.70. The highest BCUT2D eigenvalue weighted by molar-refractivity contribution is 7.91. The lowest BCUT2D eigenvalue weighted by Gasteiger charge is -2.39. The molecule has 3 atom stereocenters. The van der Waals surface area contributed by atoms with Crippen molar-refractivity contribution in [1.29, 1.82) is 0 Å². The van der Waals surface area contributed by atoms with Crippen molar-refractivity contribution >= 4 is 15.8 Å². The van der Waals surface area contributed by atoms with E-state index in [9.17, 15) is 18.3 Å². The van der Waals surface area contributed by atoms with Crippen molar-refractivity contribution < 1.29 is 18.3 Å². The smallest absolute Gasteiger partial charge is 0.317 e. The van der Waals surface area contributed by atoms with Crippen molar-refractivity contribution in [1.82, 2.24) is 9.80 Å². The molecule has 0 aromatic rings. The summed E-state index contributed by atoms with van der Waals surface area (Å²) in [6.07, 6.45) is 5.08. The second kappa shape index (κ2) is 5.85. The van der Waals surface area contributed by atoms with Crippen LogP contribution in [0.2, 0.25) is 0 Å². The number of piperidine rings is 1. The molecule has 0 spiro atoms. The molecule has 3 unspecified atom stereocenters. The Morgan fingerprint density at radius 2 is 2.00 bits per heavy atom. The molecule has 0 aromatic carbocycles. The lowest BCUT2D eigenvalue weighted by molar-refractivity contribution is -0.139. The van der Waals surface area contributed by atoms with Crippen molar-refractivity contribution in [3.63, 3.8) is 0 Å². The minimum Gasteiger partial charge on any atom is -0.480 e. The Kier molecular flexibility index (Phi) is 4.25. The van der Waals surface area contributed by atoms with Crippen LogP contribution in [0.25, 0.3) is 0 Å². The Balaban J connectivity index is 1.77. The van der Waals surface area contributed by atoms with E-state index in [1.54, 1.807) is 0 Å². The fourth-order valence-corrected chi connectivity index (χ4v) is 6.06. The summed E-state index contributed by atoms with van der Waals surface area (Å²) in [5, 5.41) is 9.23. The fraction of sp³-hybridized carbons (Fsp3) is 0.929. The summed E-state index contributed by atoms with van der Waals surface area (Å²) in [5.41, 5.74) is 0. The average Bonchev–Trinajstić information content (AvgIpc) is 2.99. The lowest BCUT2D eigenvalue weighted by Crippen LogP contribution is -2.52. The summed E-state index contributed by atoms with van der Waals surface area (Å²) in [5.74, 6) is -0.521. The SMILES string of the molecule is O=C(O)CN(C1CCS(=O)(=O)C1)C1CCN2CCCCC12. The normalized spacial score (nSPS) is 36.0. The van der Waals surface area contributed by atoms with Gasteiger partial charge in [-0.25, -0.2) is 8.42 Å². The number of aliphatic carboxylic acids is 1. The molecule has 3 heterocycles. The van der Waals surface area contributed by atoms with Crippen LogP contribution < -0.4 is 0 Å². The van der Waals surface area contributed by atoms with E-state index in [4.69, 9.17) is 0 Å². The van der Waals surface area contributed by atoms with Crippen LogP contribution in [-0.2, 0) is 14.6 Å². The van der Waals surface area contributed by atoms with Gasteiger partial charge in [0.05, 0.1) is 18.1 Å². The molecular formula is C14H24N2O4S. The first-order valence-electron chi connectivity index (χ1n) is 7.88. The molecule has 0 amide bonds. The Labute approximate surface area is 126 Å². The van der Waals surface area contributed by atoms with Gasteiger partial charge >= 0.3 is 5.97 Å². The van der Waals surface area contributed by atoms with E-state index in [1.165, 1.54) is 12.8 Å². The molecule has 3 aliphatic rings. The van der Waals surface area contributed by atoms with Gasteiger partial charge in [0.15, 0.2) is 9.84 Å². The number of carbonyl (C=O) groups is 1. The van der Waals surface area contributed by atoms with E-state index in [0.717, 1.165) is 25.9 Å². The molecule has 3 fully saturated rings. The van der Waals surface area contributed by atoms with E-state index >= 15 is 0 Å². The van der Waals surface area contributed by atoms with E-state index in [2.05, 4.69) is 4.90 Å². The quantitative estimate of drug-likeness (QED) is 0.797. The highest BCUT2D eigenvalue weighted by Crippen LogP contribution is 2.33. The highest BCUT2D eigenvalue weighted by Gasteiger charge is 2.44. The van der Waals surface area contributed by atoms with Gasteiger partial charge in [-0.3, -0.25) is 14.6 Å². The van der Waals surface area contributed by atoms with E-state index in [1.807, 2.05) is 4.90 Å². The maximum atomic E-state index is 11.7. The number of rotatable bonds is 4. The predicted octanol–water partition coefficient (Wildman–Crippen LogP) is 0.187. The van der Waals surface area contributed by atoms with E-state index in [-0.39, 0.29) is 30.1 Å². The standard InChI is InChI=1S/C14H24N2O4S/c17-14(18)9-16(11-5-8-21(19,20)10-11)13-4-7-15-6-2-1-3-12(13)15/h11-13H,1-10H2,(H,17,18). The first kappa shape index (κ1) is 15.2. The van der Waals surface area contributed by atoms with Crippen LogP contribution in [0.15, 0.2) is 0 Å². The van der Waals surface area contributed by atoms with Crippen molar-refractivity contribution in [2.45, 2.75) is 50.2 Å². The summed E-state index contributed by atoms with van der Waals surface area (Å²) in [6.45, 7) is 2.09. The van der Waals surface area contributed by atoms with Gasteiger partial charge in [-0.05, 0) is 32.2 Å². The zero-order valence-electron chi connectivity index (χ0n) is 12.3. The zero-order valence-corrected chi connectivity index (χ0v) is 13.1. The Bertz CT molecular complexity index is 507. The van der Waals surface area contributed by atoms with Gasteiger partial charge in [0.1, 0.15) is 0 Å². The van der Waals surface area contributed by atoms with Gasteiger partial charge in [-0.15, -0.1) is 0 Å². The van der Waals surface area contributed by atoms with Crippen LogP contribution in [0.5, 0.6) is 0 Å². The molecule has 21 heavy (non-hydrogen) atoms. The van der Waals surface area contributed by atoms with Gasteiger partial charge in [-0.1, -0.05) is 6.42 Å². The summed E-state index contributed by atoms with van der Waals surface area (Å²) >= 11 is 0. The third-order valence-corrected chi connectivity index (χ3v) is 6.99. The van der Waals surface area contributed by atoms with Crippen molar-refractivity contribution in [3.8, 4) is 0 Å². The molecule has 3 rings (SSSR count).